The smallest absolute Gasteiger partial charge is 0.185 e. The minimum atomic E-state index is 0.491. The summed E-state index contributed by atoms with van der Waals surface area (Å²) in [5.74, 6) is 1.50. The molecule has 0 atom stereocenters. The van der Waals surface area contributed by atoms with E-state index in [1.165, 1.54) is 17.5 Å². The molecule has 0 N–H and O–H groups in total. The predicted octanol–water partition coefficient (Wildman–Crippen LogP) is 3.95. The normalized spacial score (nSPS) is 14.3. The number of hydrogen-bond acceptors (Lipinski definition) is 2. The van der Waals surface area contributed by atoms with Crippen molar-refractivity contribution >= 4 is 6.29 Å². The summed E-state index contributed by atoms with van der Waals surface area (Å²) in [6.07, 6.45) is 5.17. The molecule has 1 aromatic carbocycles. The first-order valence-corrected chi connectivity index (χ1v) is 6.46. The minimum Gasteiger partial charge on any atom is -0.457 e. The number of hydrogen-bond donors (Lipinski definition) is 0. The summed E-state index contributed by atoms with van der Waals surface area (Å²) in [4.78, 5) is 11.2. The fourth-order valence-corrected chi connectivity index (χ4v) is 2.71. The Balaban J connectivity index is 2.17. The highest BCUT2D eigenvalue weighted by Gasteiger charge is 2.23. The first-order valence-electron chi connectivity index (χ1n) is 6.46. The van der Waals surface area contributed by atoms with Gasteiger partial charge in [0.2, 0.25) is 0 Å². The summed E-state index contributed by atoms with van der Waals surface area (Å²) in [6.45, 7) is 2.06. The zero-order chi connectivity index (χ0) is 12.5. The zero-order valence-corrected chi connectivity index (χ0v) is 10.5. The third kappa shape index (κ3) is 1.78. The third-order valence-electron chi connectivity index (χ3n) is 3.65. The Hall–Kier alpha value is -1.83. The second-order valence-electron chi connectivity index (χ2n) is 4.93. The number of aldehydes is 1. The largest absolute Gasteiger partial charge is 0.457 e. The Labute approximate surface area is 107 Å². The first kappa shape index (κ1) is 11.3. The SMILES string of the molecule is Cc1ccc(-c2c(C=O)oc3c2CCCC3)cc1. The van der Waals surface area contributed by atoms with E-state index in [2.05, 4.69) is 31.2 Å². The van der Waals surface area contributed by atoms with Gasteiger partial charge in [-0.15, -0.1) is 0 Å². The van der Waals surface area contributed by atoms with Gasteiger partial charge < -0.3 is 4.42 Å². The highest BCUT2D eigenvalue weighted by atomic mass is 16.3. The molecule has 0 saturated carbocycles. The lowest BCUT2D eigenvalue weighted by Crippen LogP contribution is -2.00. The molecule has 18 heavy (non-hydrogen) atoms. The van der Waals surface area contributed by atoms with Crippen molar-refractivity contribution in [3.05, 3.63) is 46.9 Å². The molecule has 1 aromatic heterocycles. The van der Waals surface area contributed by atoms with Crippen LogP contribution in [0.25, 0.3) is 11.1 Å². The Kier molecular flexibility index (Phi) is 2.78. The Morgan fingerprint density at radius 1 is 1.11 bits per heavy atom. The van der Waals surface area contributed by atoms with Crippen LogP contribution in [0.15, 0.2) is 28.7 Å². The number of carbonyl (C=O) groups excluding carboxylic acids is 1. The number of furan rings is 1. The monoisotopic (exact) mass is 240 g/mol. The molecule has 92 valence electrons. The summed E-state index contributed by atoms with van der Waals surface area (Å²) < 4.78 is 5.70. The first-order chi connectivity index (χ1) is 8.79. The van der Waals surface area contributed by atoms with Gasteiger partial charge >= 0.3 is 0 Å². The van der Waals surface area contributed by atoms with E-state index in [0.717, 1.165) is 42.4 Å². The van der Waals surface area contributed by atoms with Crippen molar-refractivity contribution in [2.75, 3.05) is 0 Å². The number of rotatable bonds is 2. The maximum atomic E-state index is 11.2. The van der Waals surface area contributed by atoms with Crippen molar-refractivity contribution in [1.29, 1.82) is 0 Å². The minimum absolute atomic E-state index is 0.491. The summed E-state index contributed by atoms with van der Waals surface area (Å²) in [7, 11) is 0. The number of carbonyl (C=O) groups is 1. The average molecular weight is 240 g/mol. The van der Waals surface area contributed by atoms with E-state index in [1.807, 2.05) is 0 Å². The average Bonchev–Trinajstić information content (AvgIpc) is 2.78. The molecule has 3 rings (SSSR count). The van der Waals surface area contributed by atoms with Crippen LogP contribution in [-0.2, 0) is 12.8 Å². The van der Waals surface area contributed by atoms with Crippen LogP contribution in [0, 0.1) is 6.92 Å². The third-order valence-corrected chi connectivity index (χ3v) is 3.65. The molecule has 0 unspecified atom stereocenters. The lowest BCUT2D eigenvalue weighted by atomic mass is 9.91. The molecule has 2 nitrogen and oxygen atoms in total. The van der Waals surface area contributed by atoms with Crippen LogP contribution >= 0.6 is 0 Å². The van der Waals surface area contributed by atoms with E-state index in [0.29, 0.717) is 5.76 Å². The van der Waals surface area contributed by atoms with E-state index < -0.39 is 0 Å². The summed E-state index contributed by atoms with van der Waals surface area (Å²) in [5, 5.41) is 0. The van der Waals surface area contributed by atoms with E-state index in [4.69, 9.17) is 4.42 Å². The summed E-state index contributed by atoms with van der Waals surface area (Å²) >= 11 is 0. The van der Waals surface area contributed by atoms with Gasteiger partial charge in [0.15, 0.2) is 12.0 Å². The second kappa shape index (κ2) is 4.45. The maximum absolute atomic E-state index is 11.2. The number of fused-ring (bicyclic) bond motifs is 1. The Morgan fingerprint density at radius 2 is 1.83 bits per heavy atom. The standard InChI is InChI=1S/C16H16O2/c1-11-6-8-12(9-7-11)16-13-4-2-3-5-14(13)18-15(16)10-17/h6-10H,2-5H2,1H3. The second-order valence-corrected chi connectivity index (χ2v) is 4.93. The molecule has 1 aliphatic rings. The lowest BCUT2D eigenvalue weighted by molar-refractivity contribution is 0.109. The summed E-state index contributed by atoms with van der Waals surface area (Å²) in [6, 6.07) is 8.29. The maximum Gasteiger partial charge on any atom is 0.185 e. The lowest BCUT2D eigenvalue weighted by Gasteiger charge is -2.11. The van der Waals surface area contributed by atoms with Crippen molar-refractivity contribution in [1.82, 2.24) is 0 Å². The molecule has 0 spiro atoms. The van der Waals surface area contributed by atoms with Crippen LogP contribution in [0.5, 0.6) is 0 Å². The molecule has 2 aromatic rings. The topological polar surface area (TPSA) is 30.2 Å². The van der Waals surface area contributed by atoms with Crippen LogP contribution in [-0.4, -0.2) is 6.29 Å². The van der Waals surface area contributed by atoms with Gasteiger partial charge in [-0.05, 0) is 31.7 Å². The quantitative estimate of drug-likeness (QED) is 0.744. The van der Waals surface area contributed by atoms with Crippen molar-refractivity contribution in [3.8, 4) is 11.1 Å². The molecule has 0 aliphatic heterocycles. The van der Waals surface area contributed by atoms with Gasteiger partial charge in [0, 0.05) is 17.5 Å². The number of aryl methyl sites for hydroxylation is 2. The molecule has 0 saturated heterocycles. The molecule has 1 heterocycles. The molecule has 1 aliphatic carbocycles. The van der Waals surface area contributed by atoms with Gasteiger partial charge in [-0.3, -0.25) is 4.79 Å². The van der Waals surface area contributed by atoms with E-state index in [1.54, 1.807) is 0 Å². The van der Waals surface area contributed by atoms with Crippen LogP contribution in [0.4, 0.5) is 0 Å². The van der Waals surface area contributed by atoms with Crippen LogP contribution in [0.1, 0.15) is 40.3 Å². The Bertz CT molecular complexity index is 576. The van der Waals surface area contributed by atoms with E-state index in [-0.39, 0.29) is 0 Å². The Morgan fingerprint density at radius 3 is 2.56 bits per heavy atom. The highest BCUT2D eigenvalue weighted by molar-refractivity contribution is 5.87. The van der Waals surface area contributed by atoms with Crippen molar-refractivity contribution in [3.63, 3.8) is 0 Å². The fraction of sp³-hybridized carbons (Fsp3) is 0.312. The van der Waals surface area contributed by atoms with Crippen LogP contribution < -0.4 is 0 Å². The van der Waals surface area contributed by atoms with Gasteiger partial charge in [0.05, 0.1) is 0 Å². The van der Waals surface area contributed by atoms with Gasteiger partial charge in [-0.1, -0.05) is 29.8 Å². The predicted molar refractivity (Wildman–Crippen MR) is 70.9 cm³/mol. The van der Waals surface area contributed by atoms with Gasteiger partial charge in [-0.25, -0.2) is 0 Å². The van der Waals surface area contributed by atoms with E-state index in [9.17, 15) is 4.79 Å². The van der Waals surface area contributed by atoms with Crippen LogP contribution in [0.2, 0.25) is 0 Å². The molecule has 0 bridgehead atoms. The highest BCUT2D eigenvalue weighted by Crippen LogP contribution is 2.36. The molecule has 0 radical (unpaired) electrons. The molecule has 0 fully saturated rings. The van der Waals surface area contributed by atoms with Crippen molar-refractivity contribution in [2.24, 2.45) is 0 Å². The molecular formula is C16H16O2. The van der Waals surface area contributed by atoms with Crippen LogP contribution in [0.3, 0.4) is 0 Å². The number of benzene rings is 1. The van der Waals surface area contributed by atoms with Gasteiger partial charge in [0.1, 0.15) is 5.76 Å². The fourth-order valence-electron chi connectivity index (χ4n) is 2.71. The molecule has 2 heteroatoms. The molecular weight excluding hydrogens is 224 g/mol. The van der Waals surface area contributed by atoms with E-state index >= 15 is 0 Å². The van der Waals surface area contributed by atoms with Gasteiger partial charge in [0.25, 0.3) is 0 Å². The zero-order valence-electron chi connectivity index (χ0n) is 10.5. The summed E-state index contributed by atoms with van der Waals surface area (Å²) in [5.41, 5.74) is 4.57. The molecule has 0 amide bonds. The van der Waals surface area contributed by atoms with Gasteiger partial charge in [-0.2, -0.15) is 0 Å². The van der Waals surface area contributed by atoms with Crippen molar-refractivity contribution in [2.45, 2.75) is 32.6 Å². The van der Waals surface area contributed by atoms with Crippen molar-refractivity contribution < 1.29 is 9.21 Å².